The van der Waals surface area contributed by atoms with Gasteiger partial charge in [-0.15, -0.1) is 5.10 Å². The highest BCUT2D eigenvalue weighted by Crippen LogP contribution is 2.16. The largest absolute Gasteiger partial charge is 0.273 e. The van der Waals surface area contributed by atoms with Gasteiger partial charge in [0.1, 0.15) is 5.82 Å². The maximum absolute atomic E-state index is 12.2. The number of aryl methyl sites for hydroxylation is 2. The van der Waals surface area contributed by atoms with Gasteiger partial charge in [-0.2, -0.15) is 9.94 Å². The maximum Gasteiger partial charge on any atom is 0.248 e. The number of benzene rings is 1. The van der Waals surface area contributed by atoms with E-state index in [-0.39, 0.29) is 5.91 Å². The highest BCUT2D eigenvalue weighted by atomic mass is 16.2. The molecule has 6 heteroatoms. The van der Waals surface area contributed by atoms with Gasteiger partial charge in [0.2, 0.25) is 5.91 Å². The number of nitriles is 1. The Morgan fingerprint density at radius 3 is 2.64 bits per heavy atom. The number of rotatable bonds is 5. The molecular formula is C19H17N5O. The summed E-state index contributed by atoms with van der Waals surface area (Å²) in [6, 6.07) is 13.2. The van der Waals surface area contributed by atoms with E-state index in [9.17, 15) is 4.79 Å². The molecule has 0 bridgehead atoms. The number of hydrogen-bond donors (Lipinski definition) is 0. The zero-order valence-electron chi connectivity index (χ0n) is 13.9. The standard InChI is InChI=1S/C19H17N5O/c1-2-18(25)24-17(10-9-14-5-7-15(12-20)8-6-14)22-19(23-24)16-4-3-11-21-13-16/h3-8,11,13H,2,9-10H2,1H3. The molecule has 124 valence electrons. The number of aromatic nitrogens is 4. The van der Waals surface area contributed by atoms with Crippen molar-refractivity contribution in [3.05, 3.63) is 65.7 Å². The lowest BCUT2D eigenvalue weighted by Crippen LogP contribution is -2.15. The smallest absolute Gasteiger partial charge is 0.248 e. The van der Waals surface area contributed by atoms with Crippen molar-refractivity contribution >= 4 is 5.91 Å². The summed E-state index contributed by atoms with van der Waals surface area (Å²) in [4.78, 5) is 20.8. The fourth-order valence-corrected chi connectivity index (χ4v) is 2.48. The third-order valence-electron chi connectivity index (χ3n) is 3.85. The molecule has 0 atom stereocenters. The zero-order chi connectivity index (χ0) is 17.6. The van der Waals surface area contributed by atoms with Crippen molar-refractivity contribution in [1.82, 2.24) is 19.7 Å². The minimum absolute atomic E-state index is 0.0857. The molecule has 0 radical (unpaired) electrons. The van der Waals surface area contributed by atoms with E-state index in [1.807, 2.05) is 24.3 Å². The van der Waals surface area contributed by atoms with Crippen LogP contribution in [0.5, 0.6) is 0 Å². The Balaban J connectivity index is 1.84. The van der Waals surface area contributed by atoms with Gasteiger partial charge in [0.15, 0.2) is 5.82 Å². The third-order valence-corrected chi connectivity index (χ3v) is 3.85. The molecule has 0 aliphatic heterocycles. The number of carbonyl (C=O) groups is 1. The molecule has 0 aliphatic rings. The normalized spacial score (nSPS) is 10.4. The second-order valence-electron chi connectivity index (χ2n) is 5.56. The highest BCUT2D eigenvalue weighted by molar-refractivity contribution is 5.78. The summed E-state index contributed by atoms with van der Waals surface area (Å²) >= 11 is 0. The second-order valence-corrected chi connectivity index (χ2v) is 5.56. The molecule has 0 N–H and O–H groups in total. The van der Waals surface area contributed by atoms with Crippen molar-refractivity contribution in [2.24, 2.45) is 0 Å². The molecule has 0 saturated carbocycles. The van der Waals surface area contributed by atoms with Crippen LogP contribution < -0.4 is 0 Å². The van der Waals surface area contributed by atoms with Crippen LogP contribution in [0.15, 0.2) is 48.8 Å². The molecular weight excluding hydrogens is 314 g/mol. The average Bonchev–Trinajstić information content (AvgIpc) is 3.11. The molecule has 0 unspecified atom stereocenters. The average molecular weight is 331 g/mol. The van der Waals surface area contributed by atoms with Gasteiger partial charge in [-0.25, -0.2) is 4.98 Å². The van der Waals surface area contributed by atoms with Crippen molar-refractivity contribution in [3.63, 3.8) is 0 Å². The first-order valence-corrected chi connectivity index (χ1v) is 8.10. The molecule has 6 nitrogen and oxygen atoms in total. The summed E-state index contributed by atoms with van der Waals surface area (Å²) in [6.45, 7) is 1.80. The van der Waals surface area contributed by atoms with Crippen LogP contribution in [0.2, 0.25) is 0 Å². The first-order valence-electron chi connectivity index (χ1n) is 8.10. The molecule has 0 saturated heterocycles. The van der Waals surface area contributed by atoms with E-state index in [1.54, 1.807) is 31.5 Å². The van der Waals surface area contributed by atoms with E-state index in [0.717, 1.165) is 11.1 Å². The van der Waals surface area contributed by atoms with E-state index < -0.39 is 0 Å². The molecule has 3 aromatic rings. The topological polar surface area (TPSA) is 84.5 Å². The predicted molar refractivity (Wildman–Crippen MR) is 92.7 cm³/mol. The van der Waals surface area contributed by atoms with Crippen molar-refractivity contribution in [3.8, 4) is 17.5 Å². The SMILES string of the molecule is CCC(=O)n1nc(-c2cccnc2)nc1CCc1ccc(C#N)cc1. The summed E-state index contributed by atoms with van der Waals surface area (Å²) in [6.07, 6.45) is 5.03. The van der Waals surface area contributed by atoms with Crippen LogP contribution in [0.4, 0.5) is 0 Å². The van der Waals surface area contributed by atoms with Crippen molar-refractivity contribution in [1.29, 1.82) is 5.26 Å². The van der Waals surface area contributed by atoms with Crippen LogP contribution in [-0.4, -0.2) is 25.7 Å². The van der Waals surface area contributed by atoms with Crippen LogP contribution >= 0.6 is 0 Å². The Bertz CT molecular complexity index is 907. The van der Waals surface area contributed by atoms with E-state index in [4.69, 9.17) is 5.26 Å². The van der Waals surface area contributed by atoms with Crippen molar-refractivity contribution in [2.75, 3.05) is 0 Å². The number of nitrogens with zero attached hydrogens (tertiary/aromatic N) is 5. The lowest BCUT2D eigenvalue weighted by atomic mass is 10.1. The first kappa shape index (κ1) is 16.5. The summed E-state index contributed by atoms with van der Waals surface area (Å²) in [5, 5.41) is 13.2. The monoisotopic (exact) mass is 331 g/mol. The number of pyridine rings is 1. The van der Waals surface area contributed by atoms with E-state index in [1.165, 1.54) is 4.68 Å². The Hall–Kier alpha value is -3.33. The number of hydrogen-bond acceptors (Lipinski definition) is 5. The molecule has 0 fully saturated rings. The first-order chi connectivity index (χ1) is 12.2. The Morgan fingerprint density at radius 2 is 2.00 bits per heavy atom. The lowest BCUT2D eigenvalue weighted by molar-refractivity contribution is 0.0889. The minimum Gasteiger partial charge on any atom is -0.273 e. The van der Waals surface area contributed by atoms with Crippen molar-refractivity contribution < 1.29 is 4.79 Å². The molecule has 3 rings (SSSR count). The summed E-state index contributed by atoms with van der Waals surface area (Å²) in [5.41, 5.74) is 2.50. The van der Waals surface area contributed by atoms with Crippen LogP contribution in [-0.2, 0) is 12.8 Å². The Labute approximate surface area is 145 Å². The van der Waals surface area contributed by atoms with Crippen LogP contribution in [0.1, 0.15) is 35.1 Å². The Morgan fingerprint density at radius 1 is 1.20 bits per heavy atom. The quantitative estimate of drug-likeness (QED) is 0.717. The molecule has 25 heavy (non-hydrogen) atoms. The molecule has 0 amide bonds. The zero-order valence-corrected chi connectivity index (χ0v) is 13.9. The molecule has 2 aromatic heterocycles. The third kappa shape index (κ3) is 3.78. The van der Waals surface area contributed by atoms with E-state index in [0.29, 0.717) is 36.5 Å². The summed E-state index contributed by atoms with van der Waals surface area (Å²) in [5.74, 6) is 1.05. The fourth-order valence-electron chi connectivity index (χ4n) is 2.48. The van der Waals surface area contributed by atoms with E-state index in [2.05, 4.69) is 21.1 Å². The molecule has 0 aliphatic carbocycles. The molecule has 0 spiro atoms. The Kier molecular flexibility index (Phi) is 4.95. The highest BCUT2D eigenvalue weighted by Gasteiger charge is 2.16. The van der Waals surface area contributed by atoms with E-state index >= 15 is 0 Å². The van der Waals surface area contributed by atoms with Crippen LogP contribution in [0.3, 0.4) is 0 Å². The van der Waals surface area contributed by atoms with Gasteiger partial charge < -0.3 is 0 Å². The van der Waals surface area contributed by atoms with Gasteiger partial charge >= 0.3 is 0 Å². The van der Waals surface area contributed by atoms with Gasteiger partial charge in [0, 0.05) is 30.8 Å². The lowest BCUT2D eigenvalue weighted by Gasteiger charge is -2.03. The van der Waals surface area contributed by atoms with Gasteiger partial charge in [0.25, 0.3) is 0 Å². The summed E-state index contributed by atoms with van der Waals surface area (Å²) in [7, 11) is 0. The van der Waals surface area contributed by atoms with Gasteiger partial charge in [-0.1, -0.05) is 19.1 Å². The fraction of sp³-hybridized carbons (Fsp3) is 0.211. The van der Waals surface area contributed by atoms with Crippen molar-refractivity contribution in [2.45, 2.75) is 26.2 Å². The van der Waals surface area contributed by atoms with Gasteiger partial charge in [-0.05, 0) is 36.2 Å². The van der Waals surface area contributed by atoms with Gasteiger partial charge in [0.05, 0.1) is 11.6 Å². The minimum atomic E-state index is -0.0857. The van der Waals surface area contributed by atoms with Crippen LogP contribution in [0.25, 0.3) is 11.4 Å². The predicted octanol–water partition coefficient (Wildman–Crippen LogP) is 3.05. The maximum atomic E-state index is 12.2. The van der Waals surface area contributed by atoms with Crippen LogP contribution in [0, 0.1) is 11.3 Å². The molecule has 2 heterocycles. The molecule has 1 aromatic carbocycles. The summed E-state index contributed by atoms with van der Waals surface area (Å²) < 4.78 is 1.39. The second kappa shape index (κ2) is 7.49. The van der Waals surface area contributed by atoms with Gasteiger partial charge in [-0.3, -0.25) is 9.78 Å². The number of carbonyl (C=O) groups excluding carboxylic acids is 1.